The second-order valence-electron chi connectivity index (χ2n) is 9.07. The number of piperazine rings is 1. The van der Waals surface area contributed by atoms with Crippen LogP contribution in [-0.2, 0) is 23.2 Å². The second-order valence-corrected chi connectivity index (χ2v) is 9.07. The van der Waals surface area contributed by atoms with Crippen molar-refractivity contribution in [2.45, 2.75) is 13.0 Å². The molecule has 178 valence electrons. The van der Waals surface area contributed by atoms with Gasteiger partial charge in [0.05, 0.1) is 12.2 Å². The van der Waals surface area contributed by atoms with Crippen molar-refractivity contribution in [3.05, 3.63) is 60.9 Å². The largest absolute Gasteiger partial charge is 0.353 e. The lowest BCUT2D eigenvalue weighted by atomic mass is 10.1. The van der Waals surface area contributed by atoms with Crippen molar-refractivity contribution in [2.75, 3.05) is 42.5 Å². The molecule has 0 N–H and O–H groups in total. The van der Waals surface area contributed by atoms with Crippen LogP contribution in [0.1, 0.15) is 6.42 Å². The minimum Gasteiger partial charge on any atom is -0.353 e. The van der Waals surface area contributed by atoms with E-state index < -0.39 is 0 Å². The van der Waals surface area contributed by atoms with E-state index in [1.54, 1.807) is 11.1 Å². The Morgan fingerprint density at radius 2 is 1.80 bits per heavy atom. The first-order valence-corrected chi connectivity index (χ1v) is 11.9. The van der Waals surface area contributed by atoms with Crippen molar-refractivity contribution in [1.29, 1.82) is 0 Å². The average molecular weight is 470 g/mol. The Labute approximate surface area is 203 Å². The second kappa shape index (κ2) is 8.57. The number of fused-ring (bicyclic) bond motifs is 2. The molecule has 9 heteroatoms. The third-order valence-corrected chi connectivity index (χ3v) is 6.95. The normalized spacial score (nSPS) is 16.1. The summed E-state index contributed by atoms with van der Waals surface area (Å²) in [5.74, 6) is 1.53. The Kier molecular flexibility index (Phi) is 5.24. The van der Waals surface area contributed by atoms with Gasteiger partial charge in [0.1, 0.15) is 18.2 Å². The first kappa shape index (κ1) is 21.4. The molecular weight excluding hydrogens is 442 g/mol. The summed E-state index contributed by atoms with van der Waals surface area (Å²) >= 11 is 0. The molecule has 4 aromatic rings. The minimum absolute atomic E-state index is 0.0308. The van der Waals surface area contributed by atoms with Crippen molar-refractivity contribution in [3.63, 3.8) is 0 Å². The highest BCUT2D eigenvalue weighted by atomic mass is 16.2. The van der Waals surface area contributed by atoms with Crippen LogP contribution in [0.15, 0.2) is 60.9 Å². The predicted molar refractivity (Wildman–Crippen MR) is 134 cm³/mol. The van der Waals surface area contributed by atoms with E-state index in [4.69, 9.17) is 5.10 Å². The molecule has 2 aliphatic heterocycles. The molecule has 1 fully saturated rings. The molecule has 0 saturated carbocycles. The summed E-state index contributed by atoms with van der Waals surface area (Å²) in [4.78, 5) is 36.1. The number of pyridine rings is 1. The van der Waals surface area contributed by atoms with Crippen LogP contribution in [0, 0.1) is 0 Å². The molecule has 0 aliphatic carbocycles. The van der Waals surface area contributed by atoms with E-state index >= 15 is 0 Å². The Bertz CT molecular complexity index is 1400. The van der Waals surface area contributed by atoms with Gasteiger partial charge < -0.3 is 14.4 Å². The Morgan fingerprint density at radius 3 is 2.60 bits per heavy atom. The van der Waals surface area contributed by atoms with Gasteiger partial charge in [-0.3, -0.25) is 14.5 Å². The number of amides is 2. The van der Waals surface area contributed by atoms with Crippen LogP contribution >= 0.6 is 0 Å². The van der Waals surface area contributed by atoms with E-state index in [0.717, 1.165) is 41.1 Å². The molecule has 2 amide bonds. The van der Waals surface area contributed by atoms with E-state index in [1.165, 1.54) is 0 Å². The smallest absolute Gasteiger partial charge is 0.242 e. The van der Waals surface area contributed by atoms with Crippen LogP contribution in [0.4, 0.5) is 11.6 Å². The summed E-state index contributed by atoms with van der Waals surface area (Å²) in [7, 11) is 2.02. The molecule has 1 saturated heterocycles. The number of nitrogens with zero attached hydrogens (tertiary/aromatic N) is 7. The number of rotatable bonds is 4. The molecule has 2 aliphatic rings. The Hall–Kier alpha value is -4.14. The maximum atomic E-state index is 13.2. The average Bonchev–Trinajstić information content (AvgIpc) is 3.48. The van der Waals surface area contributed by atoms with Gasteiger partial charge in [0.15, 0.2) is 0 Å². The Balaban J connectivity index is 1.20. The zero-order valence-corrected chi connectivity index (χ0v) is 19.7. The monoisotopic (exact) mass is 469 g/mol. The van der Waals surface area contributed by atoms with Crippen molar-refractivity contribution in [3.8, 4) is 11.3 Å². The number of hydrogen-bond donors (Lipinski definition) is 0. The van der Waals surface area contributed by atoms with Crippen LogP contribution in [0.3, 0.4) is 0 Å². The van der Waals surface area contributed by atoms with Crippen molar-refractivity contribution in [2.24, 2.45) is 7.05 Å². The summed E-state index contributed by atoms with van der Waals surface area (Å²) in [5, 5.41) is 5.92. The minimum atomic E-state index is -0.0413. The number of aromatic nitrogens is 4. The zero-order valence-electron chi connectivity index (χ0n) is 19.7. The maximum absolute atomic E-state index is 13.2. The van der Waals surface area contributed by atoms with Gasteiger partial charge in [-0.05, 0) is 18.2 Å². The number of carbonyl (C=O) groups excluding carboxylic acids is 2. The van der Waals surface area contributed by atoms with Crippen LogP contribution in [0.2, 0.25) is 0 Å². The summed E-state index contributed by atoms with van der Waals surface area (Å²) in [5.41, 5.74) is 2.96. The van der Waals surface area contributed by atoms with Gasteiger partial charge in [-0.15, -0.1) is 0 Å². The fourth-order valence-corrected chi connectivity index (χ4v) is 5.06. The number of aryl methyl sites for hydroxylation is 2. The number of benzene rings is 1. The third kappa shape index (κ3) is 3.82. The molecule has 0 atom stereocenters. The molecule has 6 rings (SSSR count). The lowest BCUT2D eigenvalue weighted by Crippen LogP contribution is -2.52. The lowest BCUT2D eigenvalue weighted by Gasteiger charge is -2.36. The van der Waals surface area contributed by atoms with Crippen molar-refractivity contribution >= 4 is 34.4 Å². The molecule has 9 nitrogen and oxygen atoms in total. The van der Waals surface area contributed by atoms with Crippen molar-refractivity contribution < 1.29 is 9.59 Å². The number of carbonyl (C=O) groups is 2. The molecule has 35 heavy (non-hydrogen) atoms. The van der Waals surface area contributed by atoms with E-state index in [2.05, 4.69) is 32.8 Å². The van der Waals surface area contributed by atoms with Gasteiger partial charge in [0.2, 0.25) is 11.8 Å². The van der Waals surface area contributed by atoms with E-state index in [9.17, 15) is 9.59 Å². The van der Waals surface area contributed by atoms with E-state index in [-0.39, 0.29) is 18.4 Å². The zero-order chi connectivity index (χ0) is 23.9. The van der Waals surface area contributed by atoms with Crippen LogP contribution in [0.25, 0.3) is 22.2 Å². The third-order valence-electron chi connectivity index (χ3n) is 6.95. The number of para-hydroxylation sites is 1. The summed E-state index contributed by atoms with van der Waals surface area (Å²) < 4.78 is 3.94. The highest BCUT2D eigenvalue weighted by molar-refractivity contribution is 6.00. The van der Waals surface area contributed by atoms with Gasteiger partial charge in [-0.1, -0.05) is 24.3 Å². The van der Waals surface area contributed by atoms with Crippen LogP contribution in [0.5, 0.6) is 0 Å². The van der Waals surface area contributed by atoms with Gasteiger partial charge in [-0.2, -0.15) is 5.10 Å². The summed E-state index contributed by atoms with van der Waals surface area (Å²) in [6.07, 6.45) is 4.19. The van der Waals surface area contributed by atoms with Gasteiger partial charge >= 0.3 is 0 Å². The topological polar surface area (TPSA) is 79.5 Å². The highest BCUT2D eigenvalue weighted by Gasteiger charge is 2.31. The number of anilines is 2. The predicted octanol–water partition coefficient (Wildman–Crippen LogP) is 2.52. The Morgan fingerprint density at radius 1 is 1.00 bits per heavy atom. The molecule has 0 unspecified atom stereocenters. The van der Waals surface area contributed by atoms with E-state index in [0.29, 0.717) is 31.9 Å². The van der Waals surface area contributed by atoms with Gasteiger partial charge in [0, 0.05) is 74.6 Å². The first-order valence-electron chi connectivity index (χ1n) is 11.9. The molecule has 0 radical (unpaired) electrons. The molecule has 3 aromatic heterocycles. The standard InChI is InChI=1S/C26H27N7O2/c1-29-17-20(19-6-2-3-7-22(19)29)21-16-24-32(25(34)9-11-33(24)28-21)18-26(35)31-14-12-30(13-15-31)23-8-4-5-10-27-23/h2-8,10,16-17H,9,11-15,18H2,1H3. The van der Waals surface area contributed by atoms with Gasteiger partial charge in [-0.25, -0.2) is 9.67 Å². The van der Waals surface area contributed by atoms with Crippen LogP contribution in [-0.4, -0.2) is 68.8 Å². The first-order chi connectivity index (χ1) is 17.1. The maximum Gasteiger partial charge on any atom is 0.242 e. The summed E-state index contributed by atoms with van der Waals surface area (Å²) in [6, 6.07) is 16.0. The fraction of sp³-hybridized carbons (Fsp3) is 0.308. The summed E-state index contributed by atoms with van der Waals surface area (Å²) in [6.45, 7) is 3.21. The molecule has 0 bridgehead atoms. The quantitative estimate of drug-likeness (QED) is 0.459. The molecule has 5 heterocycles. The SMILES string of the molecule is Cn1cc(-c2cc3n(n2)CCC(=O)N3CC(=O)N2CCN(c3ccccn3)CC2)c2ccccc21. The lowest BCUT2D eigenvalue weighted by molar-refractivity contribution is -0.132. The highest BCUT2D eigenvalue weighted by Crippen LogP contribution is 2.33. The van der Waals surface area contributed by atoms with Crippen LogP contribution < -0.4 is 9.80 Å². The van der Waals surface area contributed by atoms with Crippen molar-refractivity contribution in [1.82, 2.24) is 24.2 Å². The molecule has 0 spiro atoms. The van der Waals surface area contributed by atoms with E-state index in [1.807, 2.05) is 53.0 Å². The fourth-order valence-electron chi connectivity index (χ4n) is 5.06. The van der Waals surface area contributed by atoms with Gasteiger partial charge in [0.25, 0.3) is 0 Å². The molecule has 1 aromatic carbocycles. The molecular formula is C26H27N7O2. The number of hydrogen-bond acceptors (Lipinski definition) is 5.